The largest absolute Gasteiger partial charge is 0.494 e. The zero-order valence-corrected chi connectivity index (χ0v) is 20.1. The van der Waals surface area contributed by atoms with Crippen molar-refractivity contribution < 1.29 is 9.53 Å². The summed E-state index contributed by atoms with van der Waals surface area (Å²) in [4.78, 5) is 41.4. The van der Waals surface area contributed by atoms with Crippen LogP contribution in [0, 0.1) is 0 Å². The van der Waals surface area contributed by atoms with Crippen LogP contribution in [-0.2, 0) is 24.4 Å². The molecule has 176 valence electrons. The van der Waals surface area contributed by atoms with Gasteiger partial charge in [0.25, 0.3) is 5.56 Å². The van der Waals surface area contributed by atoms with Crippen molar-refractivity contribution in [1.82, 2.24) is 14.0 Å². The van der Waals surface area contributed by atoms with Crippen LogP contribution in [0.25, 0.3) is 10.2 Å². The number of nitrogens with zero attached hydrogens (tertiary/aromatic N) is 3. The molecule has 0 saturated carbocycles. The number of ether oxygens (including phenoxy) is 1. The normalized spacial score (nSPS) is 11.0. The molecular formula is C26H27N3O4S. The number of thiophene rings is 1. The van der Waals surface area contributed by atoms with Gasteiger partial charge in [0.05, 0.1) is 18.7 Å². The number of fused-ring (bicyclic) bond motifs is 1. The first-order valence-corrected chi connectivity index (χ1v) is 12.1. The molecule has 0 fully saturated rings. The Morgan fingerprint density at radius 2 is 1.68 bits per heavy atom. The van der Waals surface area contributed by atoms with Crippen LogP contribution in [-0.4, -0.2) is 33.1 Å². The van der Waals surface area contributed by atoms with E-state index in [4.69, 9.17) is 4.74 Å². The van der Waals surface area contributed by atoms with E-state index in [1.54, 1.807) is 16.3 Å². The summed E-state index contributed by atoms with van der Waals surface area (Å²) in [5.41, 5.74) is 1.48. The fourth-order valence-corrected chi connectivity index (χ4v) is 4.72. The highest BCUT2D eigenvalue weighted by molar-refractivity contribution is 7.17. The average Bonchev–Trinajstić information content (AvgIpc) is 3.35. The molecule has 7 nitrogen and oxygen atoms in total. The number of hydrogen-bond acceptors (Lipinski definition) is 5. The quantitative estimate of drug-likeness (QED) is 0.368. The van der Waals surface area contributed by atoms with Gasteiger partial charge in [0.15, 0.2) is 0 Å². The molecule has 2 heterocycles. The molecule has 1 amide bonds. The number of likely N-dealkylation sites (N-methyl/N-ethyl adjacent to an activating group) is 1. The maximum atomic E-state index is 13.4. The third kappa shape index (κ3) is 4.97. The van der Waals surface area contributed by atoms with Gasteiger partial charge in [-0.1, -0.05) is 42.5 Å². The van der Waals surface area contributed by atoms with Crippen LogP contribution in [0.1, 0.15) is 25.0 Å². The minimum absolute atomic E-state index is 0.119. The maximum absolute atomic E-state index is 13.4. The number of carbonyl (C=O) groups is 1. The molecule has 0 unspecified atom stereocenters. The van der Waals surface area contributed by atoms with Crippen molar-refractivity contribution in [2.75, 3.05) is 13.2 Å². The minimum atomic E-state index is -0.492. The summed E-state index contributed by atoms with van der Waals surface area (Å²) in [6, 6.07) is 18.8. The Hall–Kier alpha value is -3.65. The van der Waals surface area contributed by atoms with E-state index in [1.165, 1.54) is 20.5 Å². The molecule has 4 aromatic rings. The van der Waals surface area contributed by atoms with Crippen LogP contribution in [0.4, 0.5) is 0 Å². The average molecular weight is 478 g/mol. The van der Waals surface area contributed by atoms with E-state index in [0.717, 1.165) is 16.9 Å². The third-order valence-corrected chi connectivity index (χ3v) is 6.55. The molecule has 2 aromatic heterocycles. The number of aromatic nitrogens is 2. The summed E-state index contributed by atoms with van der Waals surface area (Å²) in [7, 11) is 0. The van der Waals surface area contributed by atoms with E-state index in [9.17, 15) is 14.4 Å². The molecule has 0 radical (unpaired) electrons. The summed E-state index contributed by atoms with van der Waals surface area (Å²) < 4.78 is 8.55. The Kier molecular flexibility index (Phi) is 7.27. The summed E-state index contributed by atoms with van der Waals surface area (Å²) in [6.45, 7) is 5.35. The SMILES string of the molecule is CCOc1ccc(Cn2c(=O)c3sccc3n(CC(=O)N(CC)Cc3ccccc3)c2=O)cc1. The Bertz CT molecular complexity index is 1390. The zero-order valence-electron chi connectivity index (χ0n) is 19.3. The van der Waals surface area contributed by atoms with Crippen molar-refractivity contribution in [2.45, 2.75) is 33.5 Å². The van der Waals surface area contributed by atoms with E-state index in [1.807, 2.05) is 68.4 Å². The van der Waals surface area contributed by atoms with Gasteiger partial charge in [-0.2, -0.15) is 0 Å². The smallest absolute Gasteiger partial charge is 0.332 e. The molecule has 0 saturated heterocycles. The van der Waals surface area contributed by atoms with Gasteiger partial charge in [-0.05, 0) is 48.6 Å². The summed E-state index contributed by atoms with van der Waals surface area (Å²) in [5, 5.41) is 1.77. The van der Waals surface area contributed by atoms with E-state index >= 15 is 0 Å². The van der Waals surface area contributed by atoms with Gasteiger partial charge >= 0.3 is 5.69 Å². The molecule has 0 atom stereocenters. The zero-order chi connectivity index (χ0) is 24.1. The van der Waals surface area contributed by atoms with Gasteiger partial charge < -0.3 is 9.64 Å². The topological polar surface area (TPSA) is 73.5 Å². The van der Waals surface area contributed by atoms with Crippen molar-refractivity contribution in [3.63, 3.8) is 0 Å². The molecule has 0 bridgehead atoms. The van der Waals surface area contributed by atoms with E-state index in [0.29, 0.717) is 29.9 Å². The summed E-state index contributed by atoms with van der Waals surface area (Å²) in [6.07, 6.45) is 0. The Balaban J connectivity index is 1.66. The van der Waals surface area contributed by atoms with E-state index in [2.05, 4.69) is 0 Å². The third-order valence-electron chi connectivity index (χ3n) is 5.66. The van der Waals surface area contributed by atoms with Crippen molar-refractivity contribution in [2.24, 2.45) is 0 Å². The second-order valence-corrected chi connectivity index (χ2v) is 8.78. The predicted octanol–water partition coefficient (Wildman–Crippen LogP) is 3.72. The molecule has 0 aliphatic carbocycles. The Labute approximate surface area is 201 Å². The number of carbonyl (C=O) groups excluding carboxylic acids is 1. The monoisotopic (exact) mass is 477 g/mol. The first-order valence-electron chi connectivity index (χ1n) is 11.3. The van der Waals surface area contributed by atoms with Crippen LogP contribution < -0.4 is 16.0 Å². The standard InChI is InChI=1S/C26H27N3O4S/c1-3-27(16-19-8-6-5-7-9-19)23(30)18-28-22-14-15-34-24(22)25(31)29(26(28)32)17-20-10-12-21(13-11-20)33-4-2/h5-15H,3-4,16-18H2,1-2H3. The van der Waals surface area contributed by atoms with Gasteiger partial charge in [-0.25, -0.2) is 4.79 Å². The first-order chi connectivity index (χ1) is 16.5. The van der Waals surface area contributed by atoms with Crippen LogP contribution in [0.15, 0.2) is 75.6 Å². The van der Waals surface area contributed by atoms with Gasteiger partial charge in [0.1, 0.15) is 17.0 Å². The number of hydrogen-bond donors (Lipinski definition) is 0. The second kappa shape index (κ2) is 10.5. The van der Waals surface area contributed by atoms with Crippen molar-refractivity contribution in [3.05, 3.63) is 98.0 Å². The lowest BCUT2D eigenvalue weighted by molar-refractivity contribution is -0.132. The maximum Gasteiger partial charge on any atom is 0.332 e. The van der Waals surface area contributed by atoms with Crippen LogP contribution in [0.3, 0.4) is 0 Å². The van der Waals surface area contributed by atoms with Gasteiger partial charge in [0, 0.05) is 13.1 Å². The fourth-order valence-electron chi connectivity index (χ4n) is 3.88. The van der Waals surface area contributed by atoms with Gasteiger partial charge in [0.2, 0.25) is 5.91 Å². The van der Waals surface area contributed by atoms with Gasteiger partial charge in [-0.3, -0.25) is 18.7 Å². The first kappa shape index (κ1) is 23.5. The molecular weight excluding hydrogens is 450 g/mol. The van der Waals surface area contributed by atoms with E-state index in [-0.39, 0.29) is 24.6 Å². The molecule has 34 heavy (non-hydrogen) atoms. The lowest BCUT2D eigenvalue weighted by atomic mass is 10.2. The number of benzene rings is 2. The minimum Gasteiger partial charge on any atom is -0.494 e. The predicted molar refractivity (Wildman–Crippen MR) is 135 cm³/mol. The van der Waals surface area contributed by atoms with Crippen molar-refractivity contribution in [1.29, 1.82) is 0 Å². The number of rotatable bonds is 9. The van der Waals surface area contributed by atoms with Crippen LogP contribution in [0.2, 0.25) is 0 Å². The molecule has 0 aliphatic heterocycles. The highest BCUT2D eigenvalue weighted by Gasteiger charge is 2.19. The summed E-state index contributed by atoms with van der Waals surface area (Å²) in [5.74, 6) is 0.556. The molecule has 0 N–H and O–H groups in total. The lowest BCUT2D eigenvalue weighted by Crippen LogP contribution is -2.43. The van der Waals surface area contributed by atoms with Crippen LogP contribution in [0.5, 0.6) is 5.75 Å². The van der Waals surface area contributed by atoms with Crippen molar-refractivity contribution >= 4 is 27.5 Å². The number of amides is 1. The highest BCUT2D eigenvalue weighted by Crippen LogP contribution is 2.17. The Morgan fingerprint density at radius 1 is 0.941 bits per heavy atom. The highest BCUT2D eigenvalue weighted by atomic mass is 32.1. The summed E-state index contributed by atoms with van der Waals surface area (Å²) >= 11 is 1.28. The Morgan fingerprint density at radius 3 is 2.35 bits per heavy atom. The van der Waals surface area contributed by atoms with E-state index < -0.39 is 5.69 Å². The molecule has 4 rings (SSSR count). The molecule has 0 spiro atoms. The van der Waals surface area contributed by atoms with Crippen molar-refractivity contribution in [3.8, 4) is 5.75 Å². The molecule has 0 aliphatic rings. The fraction of sp³-hybridized carbons (Fsp3) is 0.269. The molecule has 2 aromatic carbocycles. The van der Waals surface area contributed by atoms with Gasteiger partial charge in [-0.15, -0.1) is 11.3 Å². The lowest BCUT2D eigenvalue weighted by Gasteiger charge is -2.22. The van der Waals surface area contributed by atoms with Crippen LogP contribution >= 0.6 is 11.3 Å². The molecule has 8 heteroatoms. The second-order valence-electron chi connectivity index (χ2n) is 7.87.